The number of amides is 1. The number of nitrogens with one attached hydrogen (secondary N) is 3. The van der Waals surface area contributed by atoms with Crippen LogP contribution in [0.3, 0.4) is 0 Å². The number of rotatable bonds is 19. The number of ether oxygens (including phenoxy) is 4. The fraction of sp³-hybridized carbons (Fsp3) is 0.955. The Kier molecular flexibility index (Phi) is 17.2. The lowest BCUT2D eigenvalue weighted by molar-refractivity contribution is -0.0450. The highest BCUT2D eigenvalue weighted by molar-refractivity contribution is 5.68. The maximum Gasteiger partial charge on any atom is 0.408 e. The summed E-state index contributed by atoms with van der Waals surface area (Å²) in [4.78, 5) is 12.6. The van der Waals surface area contributed by atoms with Crippen LogP contribution in [0.5, 0.6) is 0 Å². The topological polar surface area (TPSA) is 90.1 Å². The van der Waals surface area contributed by atoms with Crippen molar-refractivity contribution in [2.75, 3.05) is 66.8 Å². The van der Waals surface area contributed by atoms with Gasteiger partial charge in [0.2, 0.25) is 0 Å². The van der Waals surface area contributed by atoms with E-state index in [4.69, 9.17) is 18.9 Å². The Morgan fingerprint density at radius 1 is 0.767 bits per heavy atom. The monoisotopic (exact) mass is 433 g/mol. The molecule has 0 bridgehead atoms. The summed E-state index contributed by atoms with van der Waals surface area (Å²) >= 11 is 0. The molecule has 0 unspecified atom stereocenters. The van der Waals surface area contributed by atoms with Crippen molar-refractivity contribution in [3.05, 3.63) is 0 Å². The number of carbonyl (C=O) groups is 1. The third-order valence-electron chi connectivity index (χ3n) is 4.22. The van der Waals surface area contributed by atoms with Crippen LogP contribution in [0.2, 0.25) is 0 Å². The van der Waals surface area contributed by atoms with Crippen molar-refractivity contribution in [3.8, 4) is 0 Å². The minimum Gasteiger partial charge on any atom is -0.444 e. The minimum absolute atomic E-state index is 0.301. The number of unbranched alkanes of at least 4 members (excludes halogenated alkanes) is 2. The van der Waals surface area contributed by atoms with Crippen LogP contribution in [0.1, 0.15) is 59.8 Å². The zero-order chi connectivity index (χ0) is 22.7. The molecule has 0 aliphatic heterocycles. The number of alkyl carbamates (subject to hydrolysis) is 1. The first-order valence-corrected chi connectivity index (χ1v) is 11.3. The molecule has 30 heavy (non-hydrogen) atoms. The maximum absolute atomic E-state index is 12.6. The van der Waals surface area contributed by atoms with Gasteiger partial charge in [-0.25, -0.2) is 4.79 Å². The van der Waals surface area contributed by atoms with Gasteiger partial charge in [-0.1, -0.05) is 19.8 Å². The van der Waals surface area contributed by atoms with E-state index in [0.29, 0.717) is 39.6 Å². The summed E-state index contributed by atoms with van der Waals surface area (Å²) in [5.74, 6) is 0. The highest BCUT2D eigenvalue weighted by atomic mass is 16.6. The van der Waals surface area contributed by atoms with Crippen molar-refractivity contribution >= 4 is 6.09 Å². The third-order valence-corrected chi connectivity index (χ3v) is 4.22. The zero-order valence-electron chi connectivity index (χ0n) is 20.2. The van der Waals surface area contributed by atoms with Crippen LogP contribution in [-0.4, -0.2) is 84.1 Å². The van der Waals surface area contributed by atoms with Crippen LogP contribution in [-0.2, 0) is 18.9 Å². The molecule has 0 fully saturated rings. The van der Waals surface area contributed by atoms with Crippen LogP contribution in [0.4, 0.5) is 4.79 Å². The highest BCUT2D eigenvalue weighted by Gasteiger charge is 2.35. The van der Waals surface area contributed by atoms with Gasteiger partial charge in [-0.3, -0.25) is 0 Å². The van der Waals surface area contributed by atoms with E-state index >= 15 is 0 Å². The Bertz CT molecular complexity index is 380. The Morgan fingerprint density at radius 2 is 1.23 bits per heavy atom. The number of hydrogen-bond donors (Lipinski definition) is 3. The van der Waals surface area contributed by atoms with Gasteiger partial charge in [-0.2, -0.15) is 0 Å². The summed E-state index contributed by atoms with van der Waals surface area (Å²) < 4.78 is 23.2. The molecule has 0 saturated carbocycles. The van der Waals surface area contributed by atoms with Gasteiger partial charge in [-0.05, 0) is 67.2 Å². The normalized spacial score (nSPS) is 12.2. The molecule has 8 nitrogen and oxygen atoms in total. The summed E-state index contributed by atoms with van der Waals surface area (Å²) in [6.45, 7) is 12.2. The minimum atomic E-state index is -0.798. The molecule has 0 heterocycles. The van der Waals surface area contributed by atoms with Crippen molar-refractivity contribution in [3.63, 3.8) is 0 Å². The molecule has 0 aromatic rings. The molecule has 0 aromatic carbocycles. The van der Waals surface area contributed by atoms with Gasteiger partial charge >= 0.3 is 6.09 Å². The average Bonchev–Trinajstić information content (AvgIpc) is 2.66. The smallest absolute Gasteiger partial charge is 0.408 e. The summed E-state index contributed by atoms with van der Waals surface area (Å²) in [5, 5.41) is 9.20. The van der Waals surface area contributed by atoms with Gasteiger partial charge in [0.25, 0.3) is 0 Å². The van der Waals surface area contributed by atoms with E-state index in [1.165, 1.54) is 0 Å². The molecular weight excluding hydrogens is 386 g/mol. The molecule has 0 atom stereocenters. The second kappa shape index (κ2) is 17.7. The fourth-order valence-electron chi connectivity index (χ4n) is 2.71. The van der Waals surface area contributed by atoms with Crippen LogP contribution >= 0.6 is 0 Å². The van der Waals surface area contributed by atoms with E-state index in [1.807, 2.05) is 34.9 Å². The van der Waals surface area contributed by atoms with E-state index in [-0.39, 0.29) is 0 Å². The summed E-state index contributed by atoms with van der Waals surface area (Å²) in [7, 11) is 3.83. The van der Waals surface area contributed by atoms with Crippen molar-refractivity contribution in [1.82, 2.24) is 16.0 Å². The van der Waals surface area contributed by atoms with Gasteiger partial charge in [0, 0.05) is 19.8 Å². The Balaban J connectivity index is 5.05. The Morgan fingerprint density at radius 3 is 1.63 bits per heavy atom. The van der Waals surface area contributed by atoms with Crippen LogP contribution in [0, 0.1) is 0 Å². The second-order valence-corrected chi connectivity index (χ2v) is 8.69. The largest absolute Gasteiger partial charge is 0.444 e. The van der Waals surface area contributed by atoms with Crippen molar-refractivity contribution in [2.45, 2.75) is 70.9 Å². The molecule has 0 aliphatic rings. The quantitative estimate of drug-likeness (QED) is 0.270. The molecule has 0 spiro atoms. The summed E-state index contributed by atoms with van der Waals surface area (Å²) in [6.07, 6.45) is 4.53. The molecular formula is C22H47N3O5. The number of carbonyl (C=O) groups excluding carboxylic acids is 1. The molecule has 180 valence electrons. The van der Waals surface area contributed by atoms with Gasteiger partial charge < -0.3 is 34.9 Å². The summed E-state index contributed by atoms with van der Waals surface area (Å²) in [5.41, 5.74) is -1.38. The zero-order valence-corrected chi connectivity index (χ0v) is 20.2. The van der Waals surface area contributed by atoms with E-state index in [1.54, 1.807) is 0 Å². The predicted octanol–water partition coefficient (Wildman–Crippen LogP) is 2.71. The summed E-state index contributed by atoms with van der Waals surface area (Å²) in [6, 6.07) is 0. The van der Waals surface area contributed by atoms with E-state index in [0.717, 1.165) is 45.2 Å². The molecule has 8 heteroatoms. The first kappa shape index (κ1) is 29.1. The second-order valence-electron chi connectivity index (χ2n) is 8.69. The highest BCUT2D eigenvalue weighted by Crippen LogP contribution is 2.14. The first-order chi connectivity index (χ1) is 14.3. The van der Waals surface area contributed by atoms with Crippen molar-refractivity contribution in [1.29, 1.82) is 0 Å². The van der Waals surface area contributed by atoms with Gasteiger partial charge in [0.1, 0.15) is 11.1 Å². The lowest BCUT2D eigenvalue weighted by atomic mass is 10.0. The fourth-order valence-corrected chi connectivity index (χ4v) is 2.71. The molecule has 3 N–H and O–H groups in total. The third kappa shape index (κ3) is 16.8. The molecule has 0 aliphatic carbocycles. The molecule has 1 amide bonds. The maximum atomic E-state index is 12.6. The SMILES string of the molecule is CCCCCOCC(COCCCNC)(COCCCNC)NC(=O)OC(C)(C)C. The van der Waals surface area contributed by atoms with Gasteiger partial charge in [-0.15, -0.1) is 0 Å². The van der Waals surface area contributed by atoms with Gasteiger partial charge in [0.15, 0.2) is 0 Å². The average molecular weight is 434 g/mol. The van der Waals surface area contributed by atoms with E-state index in [9.17, 15) is 4.79 Å². The lowest BCUT2D eigenvalue weighted by Gasteiger charge is -2.35. The Hall–Kier alpha value is -0.930. The molecule has 0 radical (unpaired) electrons. The van der Waals surface area contributed by atoms with Gasteiger partial charge in [0.05, 0.1) is 19.8 Å². The predicted molar refractivity (Wildman–Crippen MR) is 121 cm³/mol. The molecule has 0 saturated heterocycles. The Labute approximate surface area is 184 Å². The van der Waals surface area contributed by atoms with Crippen molar-refractivity contribution < 1.29 is 23.7 Å². The van der Waals surface area contributed by atoms with E-state index < -0.39 is 17.2 Å². The number of hydrogen-bond acceptors (Lipinski definition) is 7. The molecule has 0 aromatic heterocycles. The van der Waals surface area contributed by atoms with Crippen LogP contribution < -0.4 is 16.0 Å². The standard InChI is InChI=1S/C22H47N3O5/c1-7-8-9-14-27-17-22(18-28-15-10-12-23-5,19-29-16-11-13-24-6)25-20(26)30-21(2,3)4/h23-24H,7-19H2,1-6H3,(H,25,26). The van der Waals surface area contributed by atoms with E-state index in [2.05, 4.69) is 22.9 Å². The van der Waals surface area contributed by atoms with Crippen LogP contribution in [0.15, 0.2) is 0 Å². The molecule has 0 rings (SSSR count). The van der Waals surface area contributed by atoms with Crippen molar-refractivity contribution in [2.24, 2.45) is 0 Å². The lowest BCUT2D eigenvalue weighted by Crippen LogP contribution is -2.59. The first-order valence-electron chi connectivity index (χ1n) is 11.3. The van der Waals surface area contributed by atoms with Crippen LogP contribution in [0.25, 0.3) is 0 Å².